The van der Waals surface area contributed by atoms with E-state index in [4.69, 9.17) is 19.1 Å². The van der Waals surface area contributed by atoms with Gasteiger partial charge in [-0.2, -0.15) is 5.10 Å². The van der Waals surface area contributed by atoms with E-state index in [2.05, 4.69) is 10.3 Å². The van der Waals surface area contributed by atoms with Gasteiger partial charge in [-0.1, -0.05) is 6.07 Å². The number of hydrogen-bond donors (Lipinski definition) is 1. The number of carbonyl (C=O) groups is 1. The van der Waals surface area contributed by atoms with Crippen molar-refractivity contribution in [3.63, 3.8) is 0 Å². The van der Waals surface area contributed by atoms with Crippen LogP contribution in [0.15, 0.2) is 36.5 Å². The highest BCUT2D eigenvalue weighted by Gasteiger charge is 2.51. The van der Waals surface area contributed by atoms with E-state index in [1.807, 2.05) is 91.9 Å². The van der Waals surface area contributed by atoms with Gasteiger partial charge >= 0.3 is 13.2 Å². The first-order chi connectivity index (χ1) is 15.2. The second kappa shape index (κ2) is 7.85. The van der Waals surface area contributed by atoms with Crippen LogP contribution in [0.1, 0.15) is 54.2 Å². The topological polar surface area (TPSA) is 87.5 Å². The number of fused-ring (bicyclic) bond motifs is 1. The number of nitrogens with zero attached hydrogens (tertiary/aromatic N) is 3. The number of carbonyl (C=O) groups excluding carboxylic acids is 1. The minimum absolute atomic E-state index is 0.490. The summed E-state index contributed by atoms with van der Waals surface area (Å²) in [5.74, 6) is 0.687. The van der Waals surface area contributed by atoms with Crippen LogP contribution in [0.2, 0.25) is 0 Å². The third kappa shape index (κ3) is 4.74. The van der Waals surface area contributed by atoms with E-state index in [9.17, 15) is 4.79 Å². The average Bonchev–Trinajstić information content (AvgIpc) is 3.18. The standard InChI is InChI=1S/C24H31BN4O4/c1-15-10-9-11-20(26-15)29-14-17-18(27-21(30)31-22(2,3)4)12-16(13-19(17)28-29)25-32-23(5,6)24(7,8)33-25/h9-14H,1-8H3,(H,27,30). The number of pyridine rings is 1. The maximum Gasteiger partial charge on any atom is 0.494 e. The van der Waals surface area contributed by atoms with Crippen molar-refractivity contribution < 1.29 is 18.8 Å². The molecule has 1 saturated heterocycles. The van der Waals surface area contributed by atoms with Crippen molar-refractivity contribution in [3.05, 3.63) is 42.2 Å². The normalized spacial score (nSPS) is 17.4. The summed E-state index contributed by atoms with van der Waals surface area (Å²) in [7, 11) is -0.596. The summed E-state index contributed by atoms with van der Waals surface area (Å²) in [5, 5.41) is 8.35. The molecule has 1 aliphatic rings. The quantitative estimate of drug-likeness (QED) is 0.597. The molecule has 0 bridgehead atoms. The highest BCUT2D eigenvalue weighted by atomic mass is 16.7. The molecule has 3 aromatic rings. The Balaban J connectivity index is 1.79. The van der Waals surface area contributed by atoms with E-state index in [0.717, 1.165) is 16.5 Å². The van der Waals surface area contributed by atoms with Crippen LogP contribution in [0.5, 0.6) is 0 Å². The zero-order valence-electron chi connectivity index (χ0n) is 20.5. The van der Waals surface area contributed by atoms with Crippen molar-refractivity contribution in [2.24, 2.45) is 0 Å². The summed E-state index contributed by atoms with van der Waals surface area (Å²) >= 11 is 0. The number of anilines is 1. The number of amides is 1. The van der Waals surface area contributed by atoms with Gasteiger partial charge in [0.15, 0.2) is 5.82 Å². The summed E-state index contributed by atoms with van der Waals surface area (Å²) in [6, 6.07) is 9.52. The zero-order chi connectivity index (χ0) is 24.2. The number of hydrogen-bond acceptors (Lipinski definition) is 6. The van der Waals surface area contributed by atoms with Gasteiger partial charge in [-0.25, -0.2) is 14.5 Å². The molecule has 8 nitrogen and oxygen atoms in total. The lowest BCUT2D eigenvalue weighted by atomic mass is 9.78. The molecule has 1 aliphatic heterocycles. The molecule has 4 rings (SSSR count). The van der Waals surface area contributed by atoms with Crippen molar-refractivity contribution in [1.82, 2.24) is 14.8 Å². The molecule has 0 spiro atoms. The number of nitrogens with one attached hydrogen (secondary N) is 1. The van der Waals surface area contributed by atoms with Crippen LogP contribution in [0.25, 0.3) is 16.7 Å². The molecule has 3 heterocycles. The maximum atomic E-state index is 12.6. The summed E-state index contributed by atoms with van der Waals surface area (Å²) in [6.45, 7) is 15.4. The fourth-order valence-electron chi connectivity index (χ4n) is 3.55. The second-order valence-corrected chi connectivity index (χ2v) is 10.4. The van der Waals surface area contributed by atoms with E-state index < -0.39 is 30.0 Å². The van der Waals surface area contributed by atoms with E-state index in [1.165, 1.54) is 0 Å². The predicted octanol–water partition coefficient (Wildman–Crippen LogP) is 4.38. The van der Waals surface area contributed by atoms with Crippen LogP contribution in [-0.2, 0) is 14.0 Å². The first-order valence-corrected chi connectivity index (χ1v) is 11.1. The van der Waals surface area contributed by atoms with Gasteiger partial charge in [0.2, 0.25) is 0 Å². The third-order valence-corrected chi connectivity index (χ3v) is 5.92. The first-order valence-electron chi connectivity index (χ1n) is 11.1. The fourth-order valence-corrected chi connectivity index (χ4v) is 3.55. The van der Waals surface area contributed by atoms with Gasteiger partial charge in [0.1, 0.15) is 5.60 Å². The van der Waals surface area contributed by atoms with E-state index >= 15 is 0 Å². The SMILES string of the molecule is Cc1cccc(-n2cc3c(NC(=O)OC(C)(C)C)cc(B4OC(C)(C)C(C)(C)O4)cc3n2)n1. The van der Waals surface area contributed by atoms with Crippen LogP contribution in [-0.4, -0.2) is 44.8 Å². The Bertz CT molecular complexity index is 1200. The Labute approximate surface area is 194 Å². The van der Waals surface area contributed by atoms with Crippen LogP contribution in [0, 0.1) is 6.92 Å². The lowest BCUT2D eigenvalue weighted by Gasteiger charge is -2.32. The van der Waals surface area contributed by atoms with Crippen molar-refractivity contribution in [2.75, 3.05) is 5.32 Å². The molecule has 33 heavy (non-hydrogen) atoms. The summed E-state index contributed by atoms with van der Waals surface area (Å²) in [6.07, 6.45) is 1.30. The summed E-state index contributed by atoms with van der Waals surface area (Å²) < 4.78 is 19.6. The van der Waals surface area contributed by atoms with Crippen LogP contribution in [0.3, 0.4) is 0 Å². The van der Waals surface area contributed by atoms with Crippen LogP contribution in [0.4, 0.5) is 10.5 Å². The highest BCUT2D eigenvalue weighted by Crippen LogP contribution is 2.37. The number of benzene rings is 1. The Morgan fingerprint density at radius 1 is 1.12 bits per heavy atom. The number of rotatable bonds is 3. The molecule has 0 saturated carbocycles. The van der Waals surface area contributed by atoms with E-state index in [1.54, 1.807) is 4.68 Å². The summed E-state index contributed by atoms with van der Waals surface area (Å²) in [5.41, 5.74) is 1.28. The molecule has 9 heteroatoms. The smallest absolute Gasteiger partial charge is 0.444 e. The average molecular weight is 450 g/mol. The fraction of sp³-hybridized carbons (Fsp3) is 0.458. The van der Waals surface area contributed by atoms with Gasteiger partial charge in [-0.3, -0.25) is 5.32 Å². The van der Waals surface area contributed by atoms with Crippen molar-refractivity contribution in [1.29, 1.82) is 0 Å². The van der Waals surface area contributed by atoms with Gasteiger partial charge in [0, 0.05) is 17.3 Å². The van der Waals surface area contributed by atoms with Gasteiger partial charge in [0.05, 0.1) is 22.4 Å². The number of ether oxygens (including phenoxy) is 1. The molecule has 0 aliphatic carbocycles. The minimum atomic E-state index is -0.623. The lowest BCUT2D eigenvalue weighted by molar-refractivity contribution is 0.00578. The van der Waals surface area contributed by atoms with Gasteiger partial charge in [0.25, 0.3) is 0 Å². The predicted molar refractivity (Wildman–Crippen MR) is 129 cm³/mol. The van der Waals surface area contributed by atoms with Crippen LogP contribution < -0.4 is 10.8 Å². The van der Waals surface area contributed by atoms with E-state index in [-0.39, 0.29) is 0 Å². The largest absolute Gasteiger partial charge is 0.494 e. The first kappa shape index (κ1) is 23.3. The molecule has 0 unspecified atom stereocenters. The molecular weight excluding hydrogens is 419 g/mol. The number of aryl methyl sites for hydroxylation is 1. The van der Waals surface area contributed by atoms with Gasteiger partial charge in [-0.05, 0) is 85.1 Å². The Morgan fingerprint density at radius 3 is 2.39 bits per heavy atom. The number of aromatic nitrogens is 3. The molecule has 2 aromatic heterocycles. The second-order valence-electron chi connectivity index (χ2n) is 10.4. The molecular formula is C24H31BN4O4. The Morgan fingerprint density at radius 2 is 1.79 bits per heavy atom. The molecule has 1 amide bonds. The zero-order valence-corrected chi connectivity index (χ0v) is 20.5. The van der Waals surface area contributed by atoms with Crippen molar-refractivity contribution in [2.45, 2.75) is 72.2 Å². The minimum Gasteiger partial charge on any atom is -0.444 e. The maximum absolute atomic E-state index is 12.6. The van der Waals surface area contributed by atoms with Gasteiger partial charge < -0.3 is 14.0 Å². The Hall–Kier alpha value is -2.91. The molecule has 1 aromatic carbocycles. The summed E-state index contributed by atoms with van der Waals surface area (Å²) in [4.78, 5) is 17.2. The lowest BCUT2D eigenvalue weighted by Crippen LogP contribution is -2.41. The van der Waals surface area contributed by atoms with Crippen LogP contribution >= 0.6 is 0 Å². The molecule has 174 valence electrons. The monoisotopic (exact) mass is 450 g/mol. The third-order valence-electron chi connectivity index (χ3n) is 5.92. The molecule has 0 radical (unpaired) electrons. The van der Waals surface area contributed by atoms with Crippen molar-refractivity contribution in [3.8, 4) is 5.82 Å². The Kier molecular flexibility index (Phi) is 5.53. The molecule has 1 N–H and O–H groups in total. The van der Waals surface area contributed by atoms with Crippen molar-refractivity contribution >= 4 is 35.3 Å². The highest BCUT2D eigenvalue weighted by molar-refractivity contribution is 6.62. The molecule has 1 fully saturated rings. The molecule has 0 atom stereocenters. The van der Waals surface area contributed by atoms with Gasteiger partial charge in [-0.15, -0.1) is 0 Å². The van der Waals surface area contributed by atoms with E-state index in [0.29, 0.717) is 17.0 Å².